The molecular weight excluding hydrogens is 274 g/mol. The third-order valence-electron chi connectivity index (χ3n) is 2.80. The molecule has 0 aliphatic rings. The number of carbonyl (C=O) groups excluding carboxylic acids is 1. The zero-order valence-corrected chi connectivity index (χ0v) is 11.6. The zero-order valence-electron chi connectivity index (χ0n) is 11.6. The molecule has 1 aromatic heterocycles. The number of rotatable bonds is 4. The van der Waals surface area contributed by atoms with Crippen LogP contribution in [0.1, 0.15) is 21.7 Å². The topological polar surface area (TPSA) is 109 Å². The molecule has 2 aromatic rings. The first kappa shape index (κ1) is 14.5. The maximum Gasteiger partial charge on any atom is 0.337 e. The summed E-state index contributed by atoms with van der Waals surface area (Å²) in [6.07, 6.45) is 1.53. The maximum absolute atomic E-state index is 11.8. The molecule has 0 bridgehead atoms. The van der Waals surface area contributed by atoms with E-state index in [-0.39, 0.29) is 17.8 Å². The van der Waals surface area contributed by atoms with Gasteiger partial charge in [-0.1, -0.05) is 12.1 Å². The molecule has 0 saturated heterocycles. The van der Waals surface area contributed by atoms with Crippen LogP contribution in [0.25, 0.3) is 0 Å². The van der Waals surface area contributed by atoms with Gasteiger partial charge in [0.25, 0.3) is 0 Å². The molecule has 8 nitrogen and oxygen atoms in total. The second-order valence-electron chi connectivity index (χ2n) is 4.44. The fraction of sp³-hybridized carbons (Fsp3) is 0.231. The Bertz CT molecular complexity index is 680. The summed E-state index contributed by atoms with van der Waals surface area (Å²) < 4.78 is 1.53. The second kappa shape index (κ2) is 6.04. The summed E-state index contributed by atoms with van der Waals surface area (Å²) in [6.45, 7) is 1.88. The van der Waals surface area contributed by atoms with Gasteiger partial charge in [0.2, 0.25) is 0 Å². The minimum absolute atomic E-state index is 0.0427. The molecular formula is C13H15N5O3. The van der Waals surface area contributed by atoms with Crippen molar-refractivity contribution in [3.05, 3.63) is 41.5 Å². The molecule has 0 radical (unpaired) electrons. The van der Waals surface area contributed by atoms with E-state index in [1.54, 1.807) is 26.1 Å². The van der Waals surface area contributed by atoms with Crippen molar-refractivity contribution < 1.29 is 14.7 Å². The van der Waals surface area contributed by atoms with Crippen molar-refractivity contribution in [1.29, 1.82) is 0 Å². The molecule has 2 rings (SSSR count). The Hall–Kier alpha value is -2.90. The first-order valence-corrected chi connectivity index (χ1v) is 6.19. The van der Waals surface area contributed by atoms with Crippen LogP contribution in [0, 0.1) is 6.92 Å². The number of hydrogen-bond acceptors (Lipinski definition) is 4. The van der Waals surface area contributed by atoms with Gasteiger partial charge in [-0.05, 0) is 18.6 Å². The van der Waals surface area contributed by atoms with Crippen LogP contribution in [0.4, 0.5) is 10.5 Å². The number of aryl methyl sites for hydroxylation is 2. The molecule has 0 fully saturated rings. The van der Waals surface area contributed by atoms with Gasteiger partial charge in [-0.25, -0.2) is 14.6 Å². The first-order valence-electron chi connectivity index (χ1n) is 6.19. The third-order valence-corrected chi connectivity index (χ3v) is 2.80. The summed E-state index contributed by atoms with van der Waals surface area (Å²) in [6, 6.07) is 4.27. The van der Waals surface area contributed by atoms with E-state index in [0.717, 1.165) is 0 Å². The largest absolute Gasteiger partial charge is 0.478 e. The molecule has 2 amide bonds. The predicted octanol–water partition coefficient (Wildman–Crippen LogP) is 1.14. The number of urea groups is 1. The third kappa shape index (κ3) is 3.56. The van der Waals surface area contributed by atoms with E-state index >= 15 is 0 Å². The van der Waals surface area contributed by atoms with Gasteiger partial charge in [0.05, 0.1) is 17.8 Å². The van der Waals surface area contributed by atoms with Gasteiger partial charge >= 0.3 is 12.0 Å². The van der Waals surface area contributed by atoms with Crippen LogP contribution >= 0.6 is 0 Å². The summed E-state index contributed by atoms with van der Waals surface area (Å²) in [4.78, 5) is 27.0. The Morgan fingerprint density at radius 1 is 1.38 bits per heavy atom. The predicted molar refractivity (Wildman–Crippen MR) is 75.0 cm³/mol. The number of nitrogens with zero attached hydrogens (tertiary/aromatic N) is 3. The number of benzene rings is 1. The SMILES string of the molecule is Cc1cccc(C(=O)O)c1NC(=O)NCc1ncn(C)n1. The monoisotopic (exact) mass is 289 g/mol. The lowest BCUT2D eigenvalue weighted by Gasteiger charge is -2.11. The number of aromatic nitrogens is 3. The highest BCUT2D eigenvalue weighted by Crippen LogP contribution is 2.20. The number of amides is 2. The molecule has 3 N–H and O–H groups in total. The molecule has 21 heavy (non-hydrogen) atoms. The normalized spacial score (nSPS) is 10.2. The Morgan fingerprint density at radius 3 is 2.76 bits per heavy atom. The van der Waals surface area contributed by atoms with E-state index in [1.807, 2.05) is 0 Å². The van der Waals surface area contributed by atoms with Gasteiger partial charge in [-0.15, -0.1) is 0 Å². The number of carboxylic acids is 1. The fourth-order valence-electron chi connectivity index (χ4n) is 1.79. The summed E-state index contributed by atoms with van der Waals surface area (Å²) in [5.41, 5.74) is 0.985. The van der Waals surface area contributed by atoms with Gasteiger partial charge in [0.1, 0.15) is 6.33 Å². The molecule has 0 spiro atoms. The van der Waals surface area contributed by atoms with E-state index in [4.69, 9.17) is 5.11 Å². The number of hydrogen-bond donors (Lipinski definition) is 3. The lowest BCUT2D eigenvalue weighted by molar-refractivity contribution is 0.0698. The number of nitrogens with one attached hydrogen (secondary N) is 2. The second-order valence-corrected chi connectivity index (χ2v) is 4.44. The molecule has 0 aliphatic carbocycles. The van der Waals surface area contributed by atoms with Crippen molar-refractivity contribution in [2.75, 3.05) is 5.32 Å². The van der Waals surface area contributed by atoms with Gasteiger partial charge < -0.3 is 15.7 Å². The minimum Gasteiger partial charge on any atom is -0.478 e. The molecule has 0 aliphatic heterocycles. The number of carbonyl (C=O) groups is 2. The summed E-state index contributed by atoms with van der Waals surface area (Å²) in [5, 5.41) is 18.3. The van der Waals surface area contributed by atoms with Crippen LogP contribution in [0.5, 0.6) is 0 Å². The minimum atomic E-state index is -1.10. The van der Waals surface area contributed by atoms with Crippen molar-refractivity contribution in [2.45, 2.75) is 13.5 Å². The molecule has 8 heteroatoms. The lowest BCUT2D eigenvalue weighted by atomic mass is 10.1. The molecule has 1 heterocycles. The van der Waals surface area contributed by atoms with Crippen molar-refractivity contribution >= 4 is 17.7 Å². The van der Waals surface area contributed by atoms with Crippen LogP contribution in [0.15, 0.2) is 24.5 Å². The highest BCUT2D eigenvalue weighted by Gasteiger charge is 2.14. The average Bonchev–Trinajstić information content (AvgIpc) is 2.84. The molecule has 110 valence electrons. The van der Waals surface area contributed by atoms with E-state index in [0.29, 0.717) is 11.4 Å². The van der Waals surface area contributed by atoms with Crippen LogP contribution in [0.2, 0.25) is 0 Å². The summed E-state index contributed by atoms with van der Waals surface area (Å²) >= 11 is 0. The van der Waals surface area contributed by atoms with Crippen molar-refractivity contribution in [2.24, 2.45) is 7.05 Å². The van der Waals surface area contributed by atoms with E-state index in [9.17, 15) is 9.59 Å². The van der Waals surface area contributed by atoms with Crippen LogP contribution in [0.3, 0.4) is 0 Å². The smallest absolute Gasteiger partial charge is 0.337 e. The van der Waals surface area contributed by atoms with Crippen molar-refractivity contribution in [3.63, 3.8) is 0 Å². The average molecular weight is 289 g/mol. The van der Waals surface area contributed by atoms with E-state index in [1.165, 1.54) is 17.1 Å². The number of para-hydroxylation sites is 1. The Labute approximate surface area is 120 Å². The summed E-state index contributed by atoms with van der Waals surface area (Å²) in [5.74, 6) is -0.628. The van der Waals surface area contributed by atoms with Crippen LogP contribution < -0.4 is 10.6 Å². The molecule has 0 unspecified atom stereocenters. The summed E-state index contributed by atoms with van der Waals surface area (Å²) in [7, 11) is 1.73. The van der Waals surface area contributed by atoms with Gasteiger partial charge in [0.15, 0.2) is 5.82 Å². The maximum atomic E-state index is 11.8. The van der Waals surface area contributed by atoms with E-state index < -0.39 is 12.0 Å². The van der Waals surface area contributed by atoms with Crippen molar-refractivity contribution in [1.82, 2.24) is 20.1 Å². The van der Waals surface area contributed by atoms with Gasteiger partial charge in [-0.3, -0.25) is 4.68 Å². The highest BCUT2D eigenvalue weighted by atomic mass is 16.4. The Kier molecular flexibility index (Phi) is 4.17. The van der Waals surface area contributed by atoms with Gasteiger partial charge in [0, 0.05) is 7.05 Å². The standard InChI is InChI=1S/C13H15N5O3/c1-8-4-3-5-9(12(19)20)11(8)16-13(21)14-6-10-15-7-18(2)17-10/h3-5,7H,6H2,1-2H3,(H,19,20)(H2,14,16,21). The molecule has 1 aromatic carbocycles. The molecule has 0 atom stereocenters. The van der Waals surface area contributed by atoms with E-state index in [2.05, 4.69) is 20.7 Å². The highest BCUT2D eigenvalue weighted by molar-refractivity contribution is 6.00. The zero-order chi connectivity index (χ0) is 15.4. The van der Waals surface area contributed by atoms with Crippen molar-refractivity contribution in [3.8, 4) is 0 Å². The first-order chi connectivity index (χ1) is 9.97. The molecule has 0 saturated carbocycles. The fourth-order valence-corrected chi connectivity index (χ4v) is 1.79. The van der Waals surface area contributed by atoms with Crippen LogP contribution in [-0.4, -0.2) is 31.9 Å². The number of carboxylic acid groups (broad SMARTS) is 1. The Balaban J connectivity index is 2.04. The van der Waals surface area contributed by atoms with Gasteiger partial charge in [-0.2, -0.15) is 5.10 Å². The number of aromatic carboxylic acids is 1. The Morgan fingerprint density at radius 2 is 2.14 bits per heavy atom. The number of anilines is 1. The quantitative estimate of drug-likeness (QED) is 0.782. The van der Waals surface area contributed by atoms with Crippen LogP contribution in [-0.2, 0) is 13.6 Å². The lowest BCUT2D eigenvalue weighted by Crippen LogP contribution is -2.29.